The Kier molecular flexibility index (Phi) is 8.07. The molecule has 2 fully saturated rings. The molecule has 5 rings (SSSR count). The van der Waals surface area contributed by atoms with Gasteiger partial charge in [-0.2, -0.15) is 27.3 Å². The van der Waals surface area contributed by atoms with Crippen molar-refractivity contribution in [1.82, 2.24) is 14.1 Å². The van der Waals surface area contributed by atoms with Gasteiger partial charge in [0.25, 0.3) is 0 Å². The second kappa shape index (κ2) is 11.3. The van der Waals surface area contributed by atoms with Crippen LogP contribution in [0.5, 0.6) is 11.5 Å². The zero-order chi connectivity index (χ0) is 30.3. The minimum absolute atomic E-state index is 0.0811. The molecule has 2 N–H and O–H groups in total. The molecule has 0 amide bonds. The lowest BCUT2D eigenvalue weighted by Crippen LogP contribution is -2.49. The second-order valence-electron chi connectivity index (χ2n) is 10.3. The first-order chi connectivity index (χ1) is 19.8. The number of nitrogen functional groups attached to an aromatic ring is 1. The molecular formula is C27H29ClF3N5O5S. The van der Waals surface area contributed by atoms with E-state index in [0.717, 1.165) is 4.68 Å². The molecule has 2 aliphatic rings. The van der Waals surface area contributed by atoms with Gasteiger partial charge in [-0.25, -0.2) is 8.42 Å². The third-order valence-corrected chi connectivity index (χ3v) is 9.62. The number of anilines is 2. The number of alkyl halides is 3. The van der Waals surface area contributed by atoms with Gasteiger partial charge in [0.2, 0.25) is 15.8 Å². The van der Waals surface area contributed by atoms with Gasteiger partial charge in [-0.15, -0.1) is 0 Å². The number of methoxy groups -OCH3 is 1. The van der Waals surface area contributed by atoms with Crippen molar-refractivity contribution in [2.75, 3.05) is 50.5 Å². The number of ether oxygens (including phenoxy) is 2. The van der Waals surface area contributed by atoms with Crippen LogP contribution in [0.4, 0.5) is 24.5 Å². The number of aromatic nitrogens is 2. The van der Waals surface area contributed by atoms with Crippen molar-refractivity contribution in [3.8, 4) is 17.2 Å². The van der Waals surface area contributed by atoms with Gasteiger partial charge in [0.05, 0.1) is 30.4 Å². The average molecular weight is 628 g/mol. The van der Waals surface area contributed by atoms with Gasteiger partial charge < -0.3 is 20.1 Å². The van der Waals surface area contributed by atoms with E-state index >= 15 is 0 Å². The molecule has 42 heavy (non-hydrogen) atoms. The maximum atomic E-state index is 13.6. The number of sulfonamides is 1. The smallest absolute Gasteiger partial charge is 0.397 e. The number of rotatable bonds is 9. The highest BCUT2D eigenvalue weighted by atomic mass is 35.5. The van der Waals surface area contributed by atoms with Crippen LogP contribution in [0.2, 0.25) is 5.02 Å². The van der Waals surface area contributed by atoms with Crippen LogP contribution in [-0.2, 0) is 15.8 Å². The fraction of sp³-hybridized carbons (Fsp3) is 0.407. The van der Waals surface area contributed by atoms with Crippen LogP contribution in [0.3, 0.4) is 0 Å². The predicted molar refractivity (Wildman–Crippen MR) is 152 cm³/mol. The number of nitrogens with two attached hydrogens (primary N) is 1. The van der Waals surface area contributed by atoms with Crippen LogP contribution in [0.15, 0.2) is 53.5 Å². The van der Waals surface area contributed by atoms with Gasteiger partial charge in [-0.3, -0.25) is 4.79 Å². The number of benzene rings is 2. The van der Waals surface area contributed by atoms with Crippen LogP contribution in [-0.4, -0.2) is 68.6 Å². The summed E-state index contributed by atoms with van der Waals surface area (Å²) in [6.45, 7) is -0.228. The predicted octanol–water partition coefficient (Wildman–Crippen LogP) is 3.85. The molecule has 1 aliphatic heterocycles. The van der Waals surface area contributed by atoms with Crippen molar-refractivity contribution < 1.29 is 31.1 Å². The highest BCUT2D eigenvalue weighted by molar-refractivity contribution is 7.88. The Balaban J connectivity index is 1.38. The van der Waals surface area contributed by atoms with E-state index in [1.54, 1.807) is 41.3 Å². The molecule has 1 saturated heterocycles. The third-order valence-electron chi connectivity index (χ3n) is 7.53. The number of hydrogen-bond donors (Lipinski definition) is 1. The first kappa shape index (κ1) is 30.0. The van der Waals surface area contributed by atoms with E-state index in [1.165, 1.54) is 23.7 Å². The first-order valence-corrected chi connectivity index (χ1v) is 15.1. The highest BCUT2D eigenvalue weighted by Crippen LogP contribution is 2.57. The summed E-state index contributed by atoms with van der Waals surface area (Å²) in [6, 6.07) is 11.1. The van der Waals surface area contributed by atoms with E-state index in [1.807, 2.05) is 0 Å². The fourth-order valence-corrected chi connectivity index (χ4v) is 6.49. The lowest BCUT2D eigenvalue weighted by Gasteiger charge is -2.36. The Labute approximate surface area is 245 Å². The number of nitrogens with zero attached hydrogens (tertiary/aromatic N) is 4. The van der Waals surface area contributed by atoms with Gasteiger partial charge in [-0.1, -0.05) is 23.7 Å². The molecule has 0 spiro atoms. The van der Waals surface area contributed by atoms with Crippen LogP contribution < -0.4 is 25.7 Å². The normalized spacial score (nSPS) is 17.2. The molecule has 0 unspecified atom stereocenters. The summed E-state index contributed by atoms with van der Waals surface area (Å²) in [7, 11) is -2.28. The van der Waals surface area contributed by atoms with Crippen molar-refractivity contribution in [3.05, 3.63) is 69.6 Å². The van der Waals surface area contributed by atoms with E-state index in [2.05, 4.69) is 5.10 Å². The molecule has 10 nitrogen and oxygen atoms in total. The van der Waals surface area contributed by atoms with E-state index < -0.39 is 33.8 Å². The molecule has 15 heteroatoms. The Hall–Kier alpha value is -3.49. The number of halogens is 4. The minimum Gasteiger partial charge on any atom is -0.495 e. The van der Waals surface area contributed by atoms with Gasteiger partial charge in [0.1, 0.15) is 23.5 Å². The third kappa shape index (κ3) is 6.01. The van der Waals surface area contributed by atoms with Crippen molar-refractivity contribution in [1.29, 1.82) is 0 Å². The van der Waals surface area contributed by atoms with Crippen LogP contribution in [0.25, 0.3) is 5.69 Å². The van der Waals surface area contributed by atoms with E-state index in [0.29, 0.717) is 27.7 Å². The van der Waals surface area contributed by atoms with E-state index in [-0.39, 0.29) is 56.2 Å². The Morgan fingerprint density at radius 3 is 2.43 bits per heavy atom. The maximum Gasteiger partial charge on any atom is 0.397 e. The molecular weight excluding hydrogens is 599 g/mol. The molecule has 1 aliphatic carbocycles. The van der Waals surface area contributed by atoms with Crippen molar-refractivity contribution in [2.24, 2.45) is 5.41 Å². The zero-order valence-corrected chi connectivity index (χ0v) is 24.2. The summed E-state index contributed by atoms with van der Waals surface area (Å²) in [6.07, 6.45) is -3.30. The Bertz CT molecular complexity index is 1640. The summed E-state index contributed by atoms with van der Waals surface area (Å²) < 4.78 is 80.4. The van der Waals surface area contributed by atoms with Crippen LogP contribution >= 0.6 is 11.6 Å². The standard InChI is InChI=1S/C27H29ClF3N5O5S/c1-40-23-13-18(5-6-21(23)32)16-42(38,39)35-11-9-34(10-12-35)22-15-33-36(20-4-2-3-19(28)14-20)25(37)24(22)41-17-26(7-8-26)27(29,30)31/h2-6,13-15H,7-12,16-17,32H2,1H3. The van der Waals surface area contributed by atoms with Gasteiger partial charge in [0.15, 0.2) is 0 Å². The molecule has 3 aromatic rings. The lowest BCUT2D eigenvalue weighted by atomic mass is 10.1. The van der Waals surface area contributed by atoms with Crippen LogP contribution in [0, 0.1) is 5.41 Å². The largest absolute Gasteiger partial charge is 0.495 e. The molecule has 0 radical (unpaired) electrons. The first-order valence-electron chi connectivity index (χ1n) is 13.1. The van der Waals surface area contributed by atoms with Gasteiger partial charge in [0, 0.05) is 31.2 Å². The summed E-state index contributed by atoms with van der Waals surface area (Å²) in [5, 5.41) is 4.57. The Morgan fingerprint density at radius 1 is 1.10 bits per heavy atom. The molecule has 0 atom stereocenters. The van der Waals surface area contributed by atoms with E-state index in [4.69, 9.17) is 26.8 Å². The summed E-state index contributed by atoms with van der Waals surface area (Å²) in [5.41, 5.74) is 4.48. The van der Waals surface area contributed by atoms with E-state index in [9.17, 15) is 26.4 Å². The molecule has 0 bridgehead atoms. The summed E-state index contributed by atoms with van der Waals surface area (Å²) >= 11 is 6.07. The summed E-state index contributed by atoms with van der Waals surface area (Å²) in [5.74, 6) is -0.182. The number of piperazine rings is 1. The fourth-order valence-electron chi connectivity index (χ4n) is 4.81. The van der Waals surface area contributed by atoms with Gasteiger partial charge in [-0.05, 0) is 48.7 Å². The highest BCUT2D eigenvalue weighted by Gasteiger charge is 2.64. The number of hydrogen-bond acceptors (Lipinski definition) is 8. The van der Waals surface area contributed by atoms with Crippen molar-refractivity contribution in [3.63, 3.8) is 0 Å². The summed E-state index contributed by atoms with van der Waals surface area (Å²) in [4.78, 5) is 15.2. The topological polar surface area (TPSA) is 120 Å². The van der Waals surface area contributed by atoms with Crippen LogP contribution in [0.1, 0.15) is 18.4 Å². The molecule has 2 heterocycles. The average Bonchev–Trinajstić information content (AvgIpc) is 3.75. The molecule has 2 aromatic carbocycles. The van der Waals surface area contributed by atoms with Crippen molar-refractivity contribution in [2.45, 2.75) is 24.8 Å². The molecule has 226 valence electrons. The molecule has 1 saturated carbocycles. The lowest BCUT2D eigenvalue weighted by molar-refractivity contribution is -0.194. The zero-order valence-electron chi connectivity index (χ0n) is 22.6. The monoisotopic (exact) mass is 627 g/mol. The SMILES string of the molecule is COc1cc(CS(=O)(=O)N2CCN(c3cnn(-c4cccc(Cl)c4)c(=O)c3OCC3(C(F)(F)F)CC3)CC2)ccc1N. The van der Waals surface area contributed by atoms with Gasteiger partial charge >= 0.3 is 11.7 Å². The Morgan fingerprint density at radius 2 is 1.81 bits per heavy atom. The minimum atomic E-state index is -4.47. The second-order valence-corrected chi connectivity index (χ2v) is 12.7. The molecule has 1 aromatic heterocycles. The quantitative estimate of drug-likeness (QED) is 0.355. The maximum absolute atomic E-state index is 13.6. The van der Waals surface area contributed by atoms with Crippen molar-refractivity contribution >= 4 is 33.0 Å².